The maximum Gasteiger partial charge on any atom is 0.255 e. The number of pyridine rings is 1. The zero-order chi connectivity index (χ0) is 22.8. The van der Waals surface area contributed by atoms with E-state index in [4.69, 9.17) is 9.47 Å². The molecular formula is C25H27N3O4. The lowest BCUT2D eigenvalue weighted by molar-refractivity contribution is -0.117. The number of nitrogens with one attached hydrogen (secondary N) is 2. The first-order chi connectivity index (χ1) is 15.4. The molecule has 0 radical (unpaired) electrons. The van der Waals surface area contributed by atoms with Crippen molar-refractivity contribution in [1.29, 1.82) is 0 Å². The number of Topliss-reactive ketones (excluding diaryl/α,β-unsaturated/α-hetero) is 1. The third-order valence-corrected chi connectivity index (χ3v) is 5.93. The molecule has 0 spiro atoms. The van der Waals surface area contributed by atoms with Crippen LogP contribution in [-0.2, 0) is 9.59 Å². The zero-order valence-corrected chi connectivity index (χ0v) is 18.7. The molecule has 7 heteroatoms. The molecule has 2 aromatic rings. The monoisotopic (exact) mass is 433 g/mol. The van der Waals surface area contributed by atoms with Crippen molar-refractivity contribution in [3.63, 3.8) is 0 Å². The number of aromatic nitrogens is 1. The average Bonchev–Trinajstić information content (AvgIpc) is 2.78. The Bertz CT molecular complexity index is 1120. The molecule has 0 saturated heterocycles. The number of hydrogen-bond donors (Lipinski definition) is 2. The van der Waals surface area contributed by atoms with Gasteiger partial charge in [-0.05, 0) is 37.5 Å². The number of nitrogens with zero attached hydrogens (tertiary/aromatic N) is 1. The Balaban J connectivity index is 1.86. The van der Waals surface area contributed by atoms with E-state index in [1.165, 1.54) is 0 Å². The number of amides is 1. The molecular weight excluding hydrogens is 406 g/mol. The standard InChI is InChI=1S/C25H27N3O4/c1-14-11-18-24(19(29)12-14)23(17-9-8-16(31-3)13-20(17)32-4)22(15(2)27-18)25(30)28-21-7-5-6-10-26-21/h5-10,13-14,23,27H,11-12H2,1-4H3,(H,26,28,30)/t14-,23-/m0/s1. The summed E-state index contributed by atoms with van der Waals surface area (Å²) in [7, 11) is 3.16. The van der Waals surface area contributed by atoms with Crippen LogP contribution in [0.3, 0.4) is 0 Å². The Morgan fingerprint density at radius 2 is 1.97 bits per heavy atom. The highest BCUT2D eigenvalue weighted by Gasteiger charge is 2.41. The zero-order valence-electron chi connectivity index (χ0n) is 18.7. The average molecular weight is 434 g/mol. The second kappa shape index (κ2) is 8.86. The van der Waals surface area contributed by atoms with E-state index < -0.39 is 5.92 Å². The van der Waals surface area contributed by atoms with Crippen molar-refractivity contribution in [1.82, 2.24) is 10.3 Å². The quantitative estimate of drug-likeness (QED) is 0.742. The Morgan fingerprint density at radius 1 is 1.16 bits per heavy atom. The number of carbonyl (C=O) groups is 2. The highest BCUT2D eigenvalue weighted by Crippen LogP contribution is 2.46. The second-order valence-electron chi connectivity index (χ2n) is 8.20. The van der Waals surface area contributed by atoms with Gasteiger partial charge in [0.15, 0.2) is 5.78 Å². The maximum atomic E-state index is 13.5. The highest BCUT2D eigenvalue weighted by molar-refractivity contribution is 6.09. The predicted octanol–water partition coefficient (Wildman–Crippen LogP) is 3.95. The third kappa shape index (κ3) is 3.98. The number of hydrogen-bond acceptors (Lipinski definition) is 6. The Hall–Kier alpha value is -3.61. The Morgan fingerprint density at radius 3 is 2.66 bits per heavy atom. The number of anilines is 1. The third-order valence-electron chi connectivity index (χ3n) is 5.93. The first-order valence-corrected chi connectivity index (χ1v) is 10.6. The molecule has 1 aromatic heterocycles. The molecule has 0 unspecified atom stereocenters. The number of ketones is 1. The number of benzene rings is 1. The fourth-order valence-electron chi connectivity index (χ4n) is 4.52. The van der Waals surface area contributed by atoms with Crippen molar-refractivity contribution < 1.29 is 19.1 Å². The van der Waals surface area contributed by atoms with Crippen LogP contribution in [0.5, 0.6) is 11.5 Å². The van der Waals surface area contributed by atoms with Gasteiger partial charge >= 0.3 is 0 Å². The van der Waals surface area contributed by atoms with E-state index >= 15 is 0 Å². The summed E-state index contributed by atoms with van der Waals surface area (Å²) in [5.74, 6) is 1.06. The van der Waals surface area contributed by atoms with E-state index in [1.807, 2.05) is 19.1 Å². The Labute approximate surface area is 187 Å². The van der Waals surface area contributed by atoms with Crippen LogP contribution in [0, 0.1) is 5.92 Å². The van der Waals surface area contributed by atoms with Crippen molar-refractivity contribution in [2.45, 2.75) is 32.6 Å². The molecule has 4 rings (SSSR count). The van der Waals surface area contributed by atoms with Gasteiger partial charge in [0.25, 0.3) is 5.91 Å². The van der Waals surface area contributed by atoms with Gasteiger partial charge in [-0.25, -0.2) is 4.98 Å². The van der Waals surface area contributed by atoms with Crippen molar-refractivity contribution in [2.24, 2.45) is 5.92 Å². The lowest BCUT2D eigenvalue weighted by Gasteiger charge is -2.36. The van der Waals surface area contributed by atoms with E-state index in [2.05, 4.69) is 22.5 Å². The summed E-state index contributed by atoms with van der Waals surface area (Å²) in [4.78, 5) is 30.9. The van der Waals surface area contributed by atoms with Crippen LogP contribution in [0.1, 0.15) is 38.2 Å². The molecule has 32 heavy (non-hydrogen) atoms. The van der Waals surface area contributed by atoms with E-state index in [9.17, 15) is 9.59 Å². The van der Waals surface area contributed by atoms with Gasteiger partial charge in [-0.3, -0.25) is 9.59 Å². The summed E-state index contributed by atoms with van der Waals surface area (Å²) in [5.41, 5.74) is 3.44. The smallest absolute Gasteiger partial charge is 0.255 e. The molecule has 2 atom stereocenters. The van der Waals surface area contributed by atoms with Crippen LogP contribution in [0.4, 0.5) is 5.82 Å². The molecule has 1 aromatic carbocycles. The topological polar surface area (TPSA) is 89.5 Å². The SMILES string of the molecule is COc1ccc([C@H]2C(C(=O)Nc3ccccn3)=C(C)NC3=C2C(=O)C[C@@H](C)C3)c(OC)c1. The number of carbonyl (C=O) groups excluding carboxylic acids is 2. The lowest BCUT2D eigenvalue weighted by atomic mass is 9.73. The largest absolute Gasteiger partial charge is 0.497 e. The number of rotatable bonds is 5. The van der Waals surface area contributed by atoms with E-state index in [0.29, 0.717) is 40.6 Å². The molecule has 1 aliphatic carbocycles. The number of allylic oxidation sites excluding steroid dienone is 3. The van der Waals surface area contributed by atoms with Gasteiger partial charge in [0, 0.05) is 46.8 Å². The van der Waals surface area contributed by atoms with Gasteiger partial charge in [0.1, 0.15) is 17.3 Å². The van der Waals surface area contributed by atoms with Crippen molar-refractivity contribution in [3.05, 3.63) is 70.7 Å². The lowest BCUT2D eigenvalue weighted by Crippen LogP contribution is -2.37. The van der Waals surface area contributed by atoms with Gasteiger partial charge in [-0.15, -0.1) is 0 Å². The maximum absolute atomic E-state index is 13.5. The van der Waals surface area contributed by atoms with E-state index in [1.54, 1.807) is 44.7 Å². The second-order valence-corrected chi connectivity index (χ2v) is 8.20. The summed E-state index contributed by atoms with van der Waals surface area (Å²) in [5, 5.41) is 6.22. The molecule has 0 fully saturated rings. The minimum atomic E-state index is -0.559. The van der Waals surface area contributed by atoms with E-state index in [-0.39, 0.29) is 17.6 Å². The van der Waals surface area contributed by atoms with Crippen LogP contribution in [0.25, 0.3) is 0 Å². The Kier molecular flexibility index (Phi) is 5.99. The molecule has 7 nitrogen and oxygen atoms in total. The van der Waals surface area contributed by atoms with Crippen LogP contribution in [0.2, 0.25) is 0 Å². The summed E-state index contributed by atoms with van der Waals surface area (Å²) in [6.07, 6.45) is 2.82. The summed E-state index contributed by atoms with van der Waals surface area (Å²) < 4.78 is 11.0. The molecule has 1 aliphatic heterocycles. The summed E-state index contributed by atoms with van der Waals surface area (Å²) in [6.45, 7) is 3.93. The highest BCUT2D eigenvalue weighted by atomic mass is 16.5. The van der Waals surface area contributed by atoms with Crippen LogP contribution < -0.4 is 20.1 Å². The molecule has 2 N–H and O–H groups in total. The van der Waals surface area contributed by atoms with Gasteiger partial charge in [0.05, 0.1) is 20.1 Å². The molecule has 166 valence electrons. The molecule has 0 saturated carbocycles. The summed E-state index contributed by atoms with van der Waals surface area (Å²) in [6, 6.07) is 10.8. The normalized spacial score (nSPS) is 20.4. The first kappa shape index (κ1) is 21.6. The van der Waals surface area contributed by atoms with Crippen molar-refractivity contribution >= 4 is 17.5 Å². The fourth-order valence-corrected chi connectivity index (χ4v) is 4.52. The van der Waals surface area contributed by atoms with Crippen LogP contribution in [0.15, 0.2) is 65.1 Å². The van der Waals surface area contributed by atoms with Crippen molar-refractivity contribution in [3.8, 4) is 11.5 Å². The minimum Gasteiger partial charge on any atom is -0.497 e. The molecule has 2 aliphatic rings. The number of methoxy groups -OCH3 is 2. The van der Waals surface area contributed by atoms with Gasteiger partial charge < -0.3 is 20.1 Å². The minimum absolute atomic E-state index is 0.0461. The summed E-state index contributed by atoms with van der Waals surface area (Å²) >= 11 is 0. The van der Waals surface area contributed by atoms with E-state index in [0.717, 1.165) is 17.7 Å². The first-order valence-electron chi connectivity index (χ1n) is 10.6. The number of ether oxygens (including phenoxy) is 2. The number of dihydropyridines is 1. The predicted molar refractivity (Wildman–Crippen MR) is 121 cm³/mol. The van der Waals surface area contributed by atoms with Crippen LogP contribution in [-0.4, -0.2) is 30.9 Å². The molecule has 0 bridgehead atoms. The van der Waals surface area contributed by atoms with Gasteiger partial charge in [-0.1, -0.05) is 19.1 Å². The van der Waals surface area contributed by atoms with Crippen LogP contribution >= 0.6 is 0 Å². The van der Waals surface area contributed by atoms with Crippen molar-refractivity contribution in [2.75, 3.05) is 19.5 Å². The van der Waals surface area contributed by atoms with Gasteiger partial charge in [0.2, 0.25) is 0 Å². The molecule has 2 heterocycles. The van der Waals surface area contributed by atoms with Gasteiger partial charge in [-0.2, -0.15) is 0 Å². The fraction of sp³-hybridized carbons (Fsp3) is 0.320. The molecule has 1 amide bonds.